The lowest BCUT2D eigenvalue weighted by molar-refractivity contribution is 0.210. The molecule has 0 spiro atoms. The van der Waals surface area contributed by atoms with Crippen molar-refractivity contribution in [3.63, 3.8) is 0 Å². The van der Waals surface area contributed by atoms with Crippen molar-refractivity contribution in [2.75, 3.05) is 7.11 Å². The van der Waals surface area contributed by atoms with Gasteiger partial charge in [0.05, 0.1) is 18.3 Å². The first kappa shape index (κ1) is 13.6. The molecular formula is C18H17NO2. The van der Waals surface area contributed by atoms with E-state index in [2.05, 4.69) is 4.98 Å². The fourth-order valence-corrected chi connectivity index (χ4v) is 2.57. The van der Waals surface area contributed by atoms with Gasteiger partial charge in [0.15, 0.2) is 0 Å². The average Bonchev–Trinajstić information content (AvgIpc) is 2.54. The van der Waals surface area contributed by atoms with Crippen LogP contribution in [0.1, 0.15) is 22.9 Å². The summed E-state index contributed by atoms with van der Waals surface area (Å²) in [6, 6.07) is 17.3. The van der Waals surface area contributed by atoms with Crippen LogP contribution in [0, 0.1) is 6.92 Å². The summed E-state index contributed by atoms with van der Waals surface area (Å²) >= 11 is 0. The minimum Gasteiger partial charge on any atom is -0.496 e. The third kappa shape index (κ3) is 2.48. The number of hydrogen-bond donors (Lipinski definition) is 1. The van der Waals surface area contributed by atoms with Crippen molar-refractivity contribution >= 4 is 10.9 Å². The number of ether oxygens (including phenoxy) is 1. The maximum atomic E-state index is 10.6. The maximum absolute atomic E-state index is 10.6. The van der Waals surface area contributed by atoms with Gasteiger partial charge in [-0.2, -0.15) is 0 Å². The molecule has 1 unspecified atom stereocenters. The number of aliphatic hydroxyl groups is 1. The number of methoxy groups -OCH3 is 1. The van der Waals surface area contributed by atoms with Crippen LogP contribution in [0.15, 0.2) is 54.6 Å². The first-order chi connectivity index (χ1) is 10.2. The number of fused-ring (bicyclic) bond motifs is 1. The molecule has 0 amide bonds. The highest BCUT2D eigenvalue weighted by Gasteiger charge is 2.17. The minimum atomic E-state index is -0.801. The highest BCUT2D eigenvalue weighted by atomic mass is 16.5. The van der Waals surface area contributed by atoms with Crippen LogP contribution in [0.5, 0.6) is 5.75 Å². The number of aliphatic hydroxyl groups excluding tert-OH is 1. The first-order valence-corrected chi connectivity index (χ1v) is 6.88. The lowest BCUT2D eigenvalue weighted by Gasteiger charge is -2.15. The van der Waals surface area contributed by atoms with Crippen molar-refractivity contribution in [3.05, 3.63) is 71.4 Å². The molecule has 0 aliphatic carbocycles. The lowest BCUT2D eigenvalue weighted by Crippen LogP contribution is -2.05. The molecule has 1 heterocycles. The van der Waals surface area contributed by atoms with Crippen molar-refractivity contribution in [2.24, 2.45) is 0 Å². The predicted octanol–water partition coefficient (Wildman–Crippen LogP) is 3.63. The van der Waals surface area contributed by atoms with Gasteiger partial charge in [0.25, 0.3) is 0 Å². The molecule has 1 atom stereocenters. The largest absolute Gasteiger partial charge is 0.496 e. The molecule has 2 aromatic carbocycles. The molecule has 3 heteroatoms. The van der Waals surface area contributed by atoms with E-state index in [1.165, 1.54) is 0 Å². The summed E-state index contributed by atoms with van der Waals surface area (Å²) in [6.07, 6.45) is -0.801. The van der Waals surface area contributed by atoms with Crippen molar-refractivity contribution in [1.82, 2.24) is 4.98 Å². The Morgan fingerprint density at radius 2 is 1.76 bits per heavy atom. The van der Waals surface area contributed by atoms with Crippen LogP contribution < -0.4 is 4.74 Å². The van der Waals surface area contributed by atoms with E-state index in [0.29, 0.717) is 11.4 Å². The molecule has 3 nitrogen and oxygen atoms in total. The Morgan fingerprint density at radius 3 is 2.57 bits per heavy atom. The van der Waals surface area contributed by atoms with Gasteiger partial charge in [0, 0.05) is 10.9 Å². The number of hydrogen-bond acceptors (Lipinski definition) is 3. The molecule has 0 radical (unpaired) electrons. The number of rotatable bonds is 3. The zero-order valence-electron chi connectivity index (χ0n) is 12.1. The Balaban J connectivity index is 2.11. The Kier molecular flexibility index (Phi) is 3.59. The second-order valence-electron chi connectivity index (χ2n) is 5.03. The summed E-state index contributed by atoms with van der Waals surface area (Å²) in [4.78, 5) is 4.58. The van der Waals surface area contributed by atoms with Gasteiger partial charge in [-0.3, -0.25) is 0 Å². The Morgan fingerprint density at radius 1 is 1.05 bits per heavy atom. The molecule has 106 valence electrons. The molecule has 3 aromatic rings. The Bertz CT molecular complexity index is 783. The maximum Gasteiger partial charge on any atom is 0.125 e. The van der Waals surface area contributed by atoms with Crippen LogP contribution in [0.2, 0.25) is 0 Å². The molecule has 0 bridgehead atoms. The molecule has 3 rings (SSSR count). The average molecular weight is 279 g/mol. The monoisotopic (exact) mass is 279 g/mol. The molecular weight excluding hydrogens is 262 g/mol. The van der Waals surface area contributed by atoms with Crippen LogP contribution >= 0.6 is 0 Å². The molecule has 21 heavy (non-hydrogen) atoms. The zero-order valence-corrected chi connectivity index (χ0v) is 12.1. The number of pyridine rings is 1. The van der Waals surface area contributed by atoms with Crippen LogP contribution in [-0.4, -0.2) is 17.2 Å². The SMILES string of the molecule is COc1ccccc1C(O)c1cc(C)c2ccccc2n1. The van der Waals surface area contributed by atoms with Crippen molar-refractivity contribution in [2.45, 2.75) is 13.0 Å². The zero-order chi connectivity index (χ0) is 14.8. The van der Waals surface area contributed by atoms with Gasteiger partial charge in [-0.25, -0.2) is 4.98 Å². The normalized spacial score (nSPS) is 12.3. The fourth-order valence-electron chi connectivity index (χ4n) is 2.57. The van der Waals surface area contributed by atoms with Crippen LogP contribution in [0.4, 0.5) is 0 Å². The highest BCUT2D eigenvalue weighted by Crippen LogP contribution is 2.30. The number of aromatic nitrogens is 1. The highest BCUT2D eigenvalue weighted by molar-refractivity contribution is 5.82. The third-order valence-electron chi connectivity index (χ3n) is 3.66. The van der Waals surface area contributed by atoms with Gasteiger partial charge >= 0.3 is 0 Å². The van der Waals surface area contributed by atoms with Gasteiger partial charge in [0.1, 0.15) is 11.9 Å². The van der Waals surface area contributed by atoms with E-state index in [1.807, 2.05) is 61.5 Å². The van der Waals surface area contributed by atoms with E-state index in [1.54, 1.807) is 7.11 Å². The molecule has 0 saturated carbocycles. The molecule has 0 saturated heterocycles. The van der Waals surface area contributed by atoms with Crippen LogP contribution in [0.3, 0.4) is 0 Å². The van der Waals surface area contributed by atoms with E-state index < -0.39 is 6.10 Å². The molecule has 0 aliphatic heterocycles. The van der Waals surface area contributed by atoms with Gasteiger partial charge in [-0.1, -0.05) is 36.4 Å². The predicted molar refractivity (Wildman–Crippen MR) is 83.5 cm³/mol. The van der Waals surface area contributed by atoms with Crippen LogP contribution in [-0.2, 0) is 0 Å². The topological polar surface area (TPSA) is 42.4 Å². The third-order valence-corrected chi connectivity index (χ3v) is 3.66. The molecule has 0 aliphatic rings. The quantitative estimate of drug-likeness (QED) is 0.796. The molecule has 0 fully saturated rings. The van der Waals surface area contributed by atoms with Crippen molar-refractivity contribution < 1.29 is 9.84 Å². The molecule has 1 aromatic heterocycles. The van der Waals surface area contributed by atoms with E-state index >= 15 is 0 Å². The Hall–Kier alpha value is -2.39. The number of nitrogens with zero attached hydrogens (tertiary/aromatic N) is 1. The first-order valence-electron chi connectivity index (χ1n) is 6.88. The number of para-hydroxylation sites is 2. The summed E-state index contributed by atoms with van der Waals surface area (Å²) in [7, 11) is 1.60. The Labute approximate surface area is 123 Å². The van der Waals surface area contributed by atoms with Gasteiger partial charge in [-0.05, 0) is 30.7 Å². The summed E-state index contributed by atoms with van der Waals surface area (Å²) < 4.78 is 5.32. The van der Waals surface area contributed by atoms with Crippen molar-refractivity contribution in [1.29, 1.82) is 0 Å². The van der Waals surface area contributed by atoms with Crippen LogP contribution in [0.25, 0.3) is 10.9 Å². The summed E-state index contributed by atoms with van der Waals surface area (Å²) in [6.45, 7) is 2.03. The van der Waals surface area contributed by atoms with E-state index in [9.17, 15) is 5.11 Å². The molecule has 1 N–H and O–H groups in total. The van der Waals surface area contributed by atoms with E-state index in [-0.39, 0.29) is 0 Å². The fraction of sp³-hybridized carbons (Fsp3) is 0.167. The minimum absolute atomic E-state index is 0.635. The summed E-state index contributed by atoms with van der Waals surface area (Å²) in [5.41, 5.74) is 3.35. The van der Waals surface area contributed by atoms with Gasteiger partial charge in [-0.15, -0.1) is 0 Å². The van der Waals surface area contributed by atoms with Gasteiger partial charge in [0.2, 0.25) is 0 Å². The second-order valence-corrected chi connectivity index (χ2v) is 5.03. The number of benzene rings is 2. The second kappa shape index (κ2) is 5.54. The summed E-state index contributed by atoms with van der Waals surface area (Å²) in [5.74, 6) is 0.664. The van der Waals surface area contributed by atoms with Crippen molar-refractivity contribution in [3.8, 4) is 5.75 Å². The van der Waals surface area contributed by atoms with E-state index in [0.717, 1.165) is 22.0 Å². The van der Waals surface area contributed by atoms with E-state index in [4.69, 9.17) is 4.74 Å². The lowest BCUT2D eigenvalue weighted by atomic mass is 10.0. The number of aryl methyl sites for hydroxylation is 1. The summed E-state index contributed by atoms with van der Waals surface area (Å²) in [5, 5.41) is 11.8. The smallest absolute Gasteiger partial charge is 0.125 e. The van der Waals surface area contributed by atoms with Gasteiger partial charge < -0.3 is 9.84 Å². The standard InChI is InChI=1S/C18H17NO2/c1-12-11-16(19-15-9-5-3-7-13(12)15)18(20)14-8-4-6-10-17(14)21-2/h3-11,18,20H,1-2H3.